The monoisotopic (exact) mass is 261 g/mol. The van der Waals surface area contributed by atoms with Crippen molar-refractivity contribution in [3.63, 3.8) is 0 Å². The number of hydrogen-bond donors (Lipinski definition) is 1. The molecule has 2 aromatic carbocycles. The number of hydrogen-bond acceptors (Lipinski definition) is 1. The molecular formula is C16H17F2N. The second-order valence-corrected chi connectivity index (χ2v) is 4.57. The molecule has 2 aromatic rings. The van der Waals surface area contributed by atoms with E-state index in [1.165, 1.54) is 12.1 Å². The summed E-state index contributed by atoms with van der Waals surface area (Å²) in [5.74, 6) is -0.552. The number of rotatable bonds is 4. The minimum atomic E-state index is -0.286. The Morgan fingerprint density at radius 2 is 1.74 bits per heavy atom. The Labute approximate surface area is 112 Å². The van der Waals surface area contributed by atoms with Gasteiger partial charge in [-0.15, -0.1) is 0 Å². The zero-order valence-corrected chi connectivity index (χ0v) is 11.1. The van der Waals surface area contributed by atoms with Crippen molar-refractivity contribution in [3.8, 4) is 11.1 Å². The van der Waals surface area contributed by atoms with Crippen molar-refractivity contribution in [2.45, 2.75) is 20.4 Å². The molecule has 0 bridgehead atoms. The van der Waals surface area contributed by atoms with Crippen molar-refractivity contribution in [1.82, 2.24) is 5.32 Å². The molecule has 0 spiro atoms. The Kier molecular flexibility index (Phi) is 4.27. The van der Waals surface area contributed by atoms with E-state index in [1.807, 2.05) is 13.8 Å². The highest BCUT2D eigenvalue weighted by Crippen LogP contribution is 2.25. The van der Waals surface area contributed by atoms with Crippen LogP contribution in [0.2, 0.25) is 0 Å². The predicted molar refractivity (Wildman–Crippen MR) is 73.9 cm³/mol. The Balaban J connectivity index is 2.42. The van der Waals surface area contributed by atoms with E-state index >= 15 is 0 Å². The van der Waals surface area contributed by atoms with Crippen LogP contribution in [0.1, 0.15) is 18.1 Å². The molecule has 0 saturated carbocycles. The van der Waals surface area contributed by atoms with E-state index in [0.29, 0.717) is 23.2 Å². The average Bonchev–Trinajstić information content (AvgIpc) is 2.41. The highest BCUT2D eigenvalue weighted by atomic mass is 19.1. The summed E-state index contributed by atoms with van der Waals surface area (Å²) in [6.07, 6.45) is 0. The number of benzene rings is 2. The SMILES string of the molecule is CCNCc1cc(-c2cc(C)ccc2F)ccc1F. The lowest BCUT2D eigenvalue weighted by atomic mass is 10.0. The van der Waals surface area contributed by atoms with Gasteiger partial charge in [0.25, 0.3) is 0 Å². The summed E-state index contributed by atoms with van der Waals surface area (Å²) in [5.41, 5.74) is 2.75. The summed E-state index contributed by atoms with van der Waals surface area (Å²) < 4.78 is 27.5. The highest BCUT2D eigenvalue weighted by molar-refractivity contribution is 5.65. The van der Waals surface area contributed by atoms with Crippen LogP contribution in [-0.4, -0.2) is 6.54 Å². The molecule has 1 nitrogen and oxygen atoms in total. The average molecular weight is 261 g/mol. The van der Waals surface area contributed by atoms with E-state index in [-0.39, 0.29) is 11.6 Å². The first-order valence-electron chi connectivity index (χ1n) is 6.37. The van der Waals surface area contributed by atoms with E-state index in [0.717, 1.165) is 12.1 Å². The maximum Gasteiger partial charge on any atom is 0.131 e. The summed E-state index contributed by atoms with van der Waals surface area (Å²) >= 11 is 0. The van der Waals surface area contributed by atoms with Crippen LogP contribution in [0.3, 0.4) is 0 Å². The van der Waals surface area contributed by atoms with Crippen LogP contribution in [0.5, 0.6) is 0 Å². The van der Waals surface area contributed by atoms with Gasteiger partial charge < -0.3 is 5.32 Å². The van der Waals surface area contributed by atoms with E-state index in [1.54, 1.807) is 24.3 Å². The van der Waals surface area contributed by atoms with E-state index in [4.69, 9.17) is 0 Å². The smallest absolute Gasteiger partial charge is 0.131 e. The van der Waals surface area contributed by atoms with Crippen LogP contribution < -0.4 is 5.32 Å². The molecule has 2 rings (SSSR count). The summed E-state index contributed by atoms with van der Waals surface area (Å²) in [4.78, 5) is 0. The van der Waals surface area contributed by atoms with E-state index in [2.05, 4.69) is 5.32 Å². The van der Waals surface area contributed by atoms with Crippen molar-refractivity contribution in [2.75, 3.05) is 6.54 Å². The van der Waals surface area contributed by atoms with Crippen molar-refractivity contribution < 1.29 is 8.78 Å². The quantitative estimate of drug-likeness (QED) is 0.875. The van der Waals surface area contributed by atoms with Gasteiger partial charge in [0.2, 0.25) is 0 Å². The molecule has 3 heteroatoms. The number of nitrogens with one attached hydrogen (secondary N) is 1. The molecule has 0 radical (unpaired) electrons. The Bertz CT molecular complexity index is 579. The first-order valence-corrected chi connectivity index (χ1v) is 6.37. The largest absolute Gasteiger partial charge is 0.313 e. The van der Waals surface area contributed by atoms with Crippen LogP contribution in [0.25, 0.3) is 11.1 Å². The first-order chi connectivity index (χ1) is 9.11. The van der Waals surface area contributed by atoms with Gasteiger partial charge in [0.05, 0.1) is 0 Å². The maximum atomic E-state index is 13.8. The molecule has 19 heavy (non-hydrogen) atoms. The first kappa shape index (κ1) is 13.7. The molecule has 0 atom stereocenters. The predicted octanol–water partition coefficient (Wildman–Crippen LogP) is 4.05. The fraction of sp³-hybridized carbons (Fsp3) is 0.250. The zero-order valence-electron chi connectivity index (χ0n) is 11.1. The third-order valence-electron chi connectivity index (χ3n) is 3.04. The second kappa shape index (κ2) is 5.93. The van der Waals surface area contributed by atoms with Gasteiger partial charge in [-0.25, -0.2) is 8.78 Å². The Hall–Kier alpha value is -1.74. The Morgan fingerprint density at radius 3 is 2.47 bits per heavy atom. The number of halogens is 2. The highest BCUT2D eigenvalue weighted by Gasteiger charge is 2.09. The summed E-state index contributed by atoms with van der Waals surface area (Å²) in [6.45, 7) is 5.08. The van der Waals surface area contributed by atoms with Gasteiger partial charge in [0.15, 0.2) is 0 Å². The van der Waals surface area contributed by atoms with Crippen LogP contribution in [0.15, 0.2) is 36.4 Å². The summed E-state index contributed by atoms with van der Waals surface area (Å²) in [6, 6.07) is 9.65. The molecule has 0 heterocycles. The van der Waals surface area contributed by atoms with Gasteiger partial charge in [0.1, 0.15) is 11.6 Å². The summed E-state index contributed by atoms with van der Waals surface area (Å²) in [5, 5.41) is 3.08. The topological polar surface area (TPSA) is 12.0 Å². The van der Waals surface area contributed by atoms with Crippen molar-refractivity contribution in [3.05, 3.63) is 59.2 Å². The van der Waals surface area contributed by atoms with Gasteiger partial charge in [0, 0.05) is 17.7 Å². The molecule has 0 aromatic heterocycles. The molecule has 1 N–H and O–H groups in total. The fourth-order valence-corrected chi connectivity index (χ4v) is 2.00. The molecule has 0 saturated heterocycles. The lowest BCUT2D eigenvalue weighted by Crippen LogP contribution is -2.13. The third-order valence-corrected chi connectivity index (χ3v) is 3.04. The van der Waals surface area contributed by atoms with Crippen molar-refractivity contribution in [2.24, 2.45) is 0 Å². The molecule has 0 unspecified atom stereocenters. The Morgan fingerprint density at radius 1 is 1.00 bits per heavy atom. The van der Waals surface area contributed by atoms with E-state index < -0.39 is 0 Å². The minimum Gasteiger partial charge on any atom is -0.313 e. The molecular weight excluding hydrogens is 244 g/mol. The lowest BCUT2D eigenvalue weighted by molar-refractivity contribution is 0.593. The second-order valence-electron chi connectivity index (χ2n) is 4.57. The molecule has 100 valence electrons. The molecule has 0 aliphatic heterocycles. The fourth-order valence-electron chi connectivity index (χ4n) is 2.00. The maximum absolute atomic E-state index is 13.8. The van der Waals surface area contributed by atoms with Gasteiger partial charge in [-0.2, -0.15) is 0 Å². The standard InChI is InChI=1S/C16H17F2N/c1-3-19-10-13-9-12(5-7-15(13)17)14-8-11(2)4-6-16(14)18/h4-9,19H,3,10H2,1-2H3. The van der Waals surface area contributed by atoms with Gasteiger partial charge in [-0.1, -0.05) is 24.6 Å². The molecule has 0 aliphatic carbocycles. The van der Waals surface area contributed by atoms with Crippen molar-refractivity contribution >= 4 is 0 Å². The lowest BCUT2D eigenvalue weighted by Gasteiger charge is -2.09. The van der Waals surface area contributed by atoms with Gasteiger partial charge >= 0.3 is 0 Å². The van der Waals surface area contributed by atoms with Crippen LogP contribution in [0, 0.1) is 18.6 Å². The van der Waals surface area contributed by atoms with Gasteiger partial charge in [-0.05, 0) is 43.3 Å². The minimum absolute atomic E-state index is 0.266. The molecule has 0 fully saturated rings. The third kappa shape index (κ3) is 3.18. The van der Waals surface area contributed by atoms with E-state index in [9.17, 15) is 8.78 Å². The molecule has 0 aliphatic rings. The van der Waals surface area contributed by atoms with Crippen molar-refractivity contribution in [1.29, 1.82) is 0 Å². The van der Waals surface area contributed by atoms with Gasteiger partial charge in [-0.3, -0.25) is 0 Å². The van der Waals surface area contributed by atoms with Crippen LogP contribution in [-0.2, 0) is 6.54 Å². The van der Waals surface area contributed by atoms with Crippen LogP contribution in [0.4, 0.5) is 8.78 Å². The number of aryl methyl sites for hydroxylation is 1. The molecule has 0 amide bonds. The zero-order chi connectivity index (χ0) is 13.8. The summed E-state index contributed by atoms with van der Waals surface area (Å²) in [7, 11) is 0. The van der Waals surface area contributed by atoms with Crippen LogP contribution >= 0.6 is 0 Å². The normalized spacial score (nSPS) is 10.7.